The molecule has 0 saturated heterocycles. The number of aromatic nitrogens is 1. The van der Waals surface area contributed by atoms with E-state index in [1.807, 2.05) is 78.9 Å². The maximum absolute atomic E-state index is 10.4. The van der Waals surface area contributed by atoms with E-state index in [4.69, 9.17) is 12.2 Å². The molecule has 0 aliphatic heterocycles. The second kappa shape index (κ2) is 9.26. The largest absolute Gasteiger partial charge is 0.493 e. The number of hydrogen-bond acceptors (Lipinski definition) is 4. The predicted octanol–water partition coefficient (Wildman–Crippen LogP) is 6.31. The smallest absolute Gasteiger partial charge is 0.210 e. The highest BCUT2D eigenvalue weighted by molar-refractivity contribution is 7.73. The van der Waals surface area contributed by atoms with Gasteiger partial charge in [0.1, 0.15) is 0 Å². The molecule has 1 heterocycles. The molecule has 0 fully saturated rings. The molecule has 0 amide bonds. The molecule has 3 nitrogen and oxygen atoms in total. The van der Waals surface area contributed by atoms with Gasteiger partial charge in [0.25, 0.3) is 0 Å². The van der Waals surface area contributed by atoms with Gasteiger partial charge in [0, 0.05) is 6.21 Å². The van der Waals surface area contributed by atoms with Crippen molar-refractivity contribution in [1.82, 2.24) is 4.57 Å². The predicted molar refractivity (Wildman–Crippen MR) is 118 cm³/mol. The number of hydrogen-bond donors (Lipinski definition) is 1. The Morgan fingerprint density at radius 2 is 1.78 bits per heavy atom. The lowest BCUT2D eigenvalue weighted by Gasteiger charge is -2.04. The summed E-state index contributed by atoms with van der Waals surface area (Å²) in [5, 5.41) is 10.4. The average molecular weight is 393 g/mol. The van der Waals surface area contributed by atoms with Gasteiger partial charge < -0.3 is 5.11 Å². The Hall–Kier alpha value is -2.76. The number of allylic oxidation sites excluding steroid dienone is 3. The maximum atomic E-state index is 10.4. The van der Waals surface area contributed by atoms with E-state index < -0.39 is 0 Å². The van der Waals surface area contributed by atoms with Crippen molar-refractivity contribution in [2.45, 2.75) is 13.5 Å². The van der Waals surface area contributed by atoms with Gasteiger partial charge in [0.2, 0.25) is 5.88 Å². The Bertz CT molecular complexity index is 1030. The van der Waals surface area contributed by atoms with Gasteiger partial charge in [0.15, 0.2) is 3.95 Å². The molecule has 0 spiro atoms. The monoisotopic (exact) mass is 392 g/mol. The summed E-state index contributed by atoms with van der Waals surface area (Å²) in [5.41, 5.74) is 3.24. The van der Waals surface area contributed by atoms with Crippen LogP contribution in [0.25, 0.3) is 6.08 Å². The fraction of sp³-hybridized carbons (Fsp3) is 0.0909. The third-order valence-corrected chi connectivity index (χ3v) is 5.29. The van der Waals surface area contributed by atoms with Crippen LogP contribution >= 0.6 is 23.6 Å². The number of aromatic hydroxyl groups is 1. The second-order valence-electron chi connectivity index (χ2n) is 5.99. The number of rotatable bonds is 6. The van der Waals surface area contributed by atoms with Gasteiger partial charge in [0.05, 0.1) is 17.1 Å². The lowest BCUT2D eigenvalue weighted by atomic mass is 10.2. The minimum absolute atomic E-state index is 0.201. The first-order valence-corrected chi connectivity index (χ1v) is 9.76. The van der Waals surface area contributed by atoms with Crippen LogP contribution < -0.4 is 0 Å². The number of aryl methyl sites for hydroxylation is 1. The van der Waals surface area contributed by atoms with Crippen LogP contribution in [-0.2, 0) is 6.54 Å². The molecule has 0 radical (unpaired) electrons. The van der Waals surface area contributed by atoms with Crippen LogP contribution in [0.5, 0.6) is 5.88 Å². The molecular weight excluding hydrogens is 372 g/mol. The van der Waals surface area contributed by atoms with Gasteiger partial charge in [-0.3, -0.25) is 9.56 Å². The van der Waals surface area contributed by atoms with Gasteiger partial charge in [-0.1, -0.05) is 60.2 Å². The van der Waals surface area contributed by atoms with Crippen LogP contribution in [0.2, 0.25) is 0 Å². The summed E-state index contributed by atoms with van der Waals surface area (Å²) in [6.45, 7) is 2.62. The Balaban J connectivity index is 1.64. The van der Waals surface area contributed by atoms with Crippen LogP contribution in [0, 0.1) is 10.9 Å². The molecule has 3 rings (SSSR count). The molecule has 0 aliphatic carbocycles. The van der Waals surface area contributed by atoms with Gasteiger partial charge >= 0.3 is 0 Å². The van der Waals surface area contributed by atoms with Crippen molar-refractivity contribution in [3.8, 4) is 5.88 Å². The standard InChI is InChI=1S/C22H20N2OS2/c1-17-11-13-19(14-12-17)23-15-7-3-6-10-20-21(25)24(22(26)27-20)16-18-8-4-2-5-9-18/h2-15,25H,16H2,1H3. The van der Waals surface area contributed by atoms with Crippen molar-refractivity contribution in [2.75, 3.05) is 0 Å². The molecule has 3 aromatic rings. The molecule has 5 heteroatoms. The fourth-order valence-corrected chi connectivity index (χ4v) is 3.66. The van der Waals surface area contributed by atoms with Crippen LogP contribution in [-0.4, -0.2) is 15.9 Å². The summed E-state index contributed by atoms with van der Waals surface area (Å²) in [4.78, 5) is 5.11. The van der Waals surface area contributed by atoms with Crippen molar-refractivity contribution in [1.29, 1.82) is 0 Å². The van der Waals surface area contributed by atoms with Crippen molar-refractivity contribution in [3.05, 3.63) is 92.8 Å². The molecule has 1 N–H and O–H groups in total. The highest BCUT2D eigenvalue weighted by atomic mass is 32.1. The highest BCUT2D eigenvalue weighted by Gasteiger charge is 2.09. The molecule has 0 unspecified atom stereocenters. The third-order valence-electron chi connectivity index (χ3n) is 3.89. The van der Waals surface area contributed by atoms with Crippen LogP contribution in [0.4, 0.5) is 5.69 Å². The first kappa shape index (κ1) is 19.0. The van der Waals surface area contributed by atoms with E-state index in [2.05, 4.69) is 11.9 Å². The SMILES string of the molecule is Cc1ccc(N=CC=CC=Cc2sc(=S)n(Cc3ccccc3)c2O)cc1. The van der Waals surface area contributed by atoms with Crippen LogP contribution in [0.15, 0.2) is 77.8 Å². The lowest BCUT2D eigenvalue weighted by Crippen LogP contribution is -1.98. The lowest BCUT2D eigenvalue weighted by molar-refractivity contribution is 0.422. The summed E-state index contributed by atoms with van der Waals surface area (Å²) >= 11 is 6.79. The Labute approximate surface area is 168 Å². The molecule has 2 aromatic carbocycles. The minimum atomic E-state index is 0.201. The first-order chi connectivity index (χ1) is 13.1. The van der Waals surface area contributed by atoms with Crippen molar-refractivity contribution < 1.29 is 5.11 Å². The summed E-state index contributed by atoms with van der Waals surface area (Å²) in [6, 6.07) is 18.0. The maximum Gasteiger partial charge on any atom is 0.210 e. The Kier molecular flexibility index (Phi) is 6.52. The Morgan fingerprint density at radius 3 is 2.52 bits per heavy atom. The van der Waals surface area contributed by atoms with Crippen molar-refractivity contribution >= 4 is 41.5 Å². The van der Waals surface area contributed by atoms with Gasteiger partial charge in [-0.15, -0.1) is 11.3 Å². The fourth-order valence-electron chi connectivity index (χ4n) is 2.44. The van der Waals surface area contributed by atoms with Gasteiger partial charge in [-0.25, -0.2) is 0 Å². The van der Waals surface area contributed by atoms with Crippen molar-refractivity contribution in [3.63, 3.8) is 0 Å². The quantitative estimate of drug-likeness (QED) is 0.303. The second-order valence-corrected chi connectivity index (χ2v) is 7.66. The number of thiazole rings is 1. The van der Waals surface area contributed by atoms with E-state index in [1.165, 1.54) is 16.9 Å². The molecule has 0 bridgehead atoms. The van der Waals surface area contributed by atoms with Gasteiger partial charge in [-0.2, -0.15) is 0 Å². The van der Waals surface area contributed by atoms with E-state index in [0.29, 0.717) is 10.5 Å². The number of aliphatic imine (C=N–C) groups is 1. The minimum Gasteiger partial charge on any atom is -0.493 e. The molecule has 0 atom stereocenters. The topological polar surface area (TPSA) is 37.5 Å². The highest BCUT2D eigenvalue weighted by Crippen LogP contribution is 2.28. The van der Waals surface area contributed by atoms with Gasteiger partial charge in [-0.05, 0) is 49.0 Å². The average Bonchev–Trinajstić information content (AvgIpc) is 2.94. The summed E-state index contributed by atoms with van der Waals surface area (Å²) < 4.78 is 2.40. The zero-order valence-electron chi connectivity index (χ0n) is 14.9. The molecule has 0 aliphatic rings. The van der Waals surface area contributed by atoms with Crippen LogP contribution in [0.1, 0.15) is 16.0 Å². The summed E-state index contributed by atoms with van der Waals surface area (Å²) in [5.74, 6) is 0.201. The molecule has 136 valence electrons. The number of benzene rings is 2. The van der Waals surface area contributed by atoms with E-state index in [0.717, 1.165) is 16.1 Å². The zero-order chi connectivity index (χ0) is 19.1. The van der Waals surface area contributed by atoms with Crippen molar-refractivity contribution in [2.24, 2.45) is 4.99 Å². The Morgan fingerprint density at radius 1 is 1.04 bits per heavy atom. The zero-order valence-corrected chi connectivity index (χ0v) is 16.6. The normalized spacial score (nSPS) is 11.9. The summed E-state index contributed by atoms with van der Waals surface area (Å²) in [6.07, 6.45) is 9.20. The van der Waals surface area contributed by atoms with E-state index in [9.17, 15) is 5.11 Å². The number of nitrogens with zero attached hydrogens (tertiary/aromatic N) is 2. The van der Waals surface area contributed by atoms with Crippen LogP contribution in [0.3, 0.4) is 0 Å². The third kappa shape index (κ3) is 5.36. The summed E-state index contributed by atoms with van der Waals surface area (Å²) in [7, 11) is 0. The molecular formula is C22H20N2OS2. The molecule has 0 saturated carbocycles. The van der Waals surface area contributed by atoms with E-state index in [1.54, 1.807) is 10.8 Å². The molecule has 27 heavy (non-hydrogen) atoms. The van der Waals surface area contributed by atoms with E-state index in [-0.39, 0.29) is 5.88 Å². The molecule has 1 aromatic heterocycles. The van der Waals surface area contributed by atoms with E-state index >= 15 is 0 Å². The first-order valence-electron chi connectivity index (χ1n) is 8.54.